The van der Waals surface area contributed by atoms with Crippen LogP contribution in [0, 0.1) is 11.8 Å². The smallest absolute Gasteiger partial charge is 0.256 e. The van der Waals surface area contributed by atoms with Gasteiger partial charge in [-0.25, -0.2) is 8.42 Å². The third-order valence-electron chi connectivity index (χ3n) is 6.65. The minimum Gasteiger partial charge on any atom is -0.365 e. The number of piperidine rings is 1. The number of benzene rings is 1. The van der Waals surface area contributed by atoms with Gasteiger partial charge in [0.25, 0.3) is 11.8 Å². The van der Waals surface area contributed by atoms with E-state index >= 15 is 0 Å². The summed E-state index contributed by atoms with van der Waals surface area (Å²) in [7, 11) is -3.62. The number of carbonyl (C=O) groups excluding carboxylic acids is 2. The normalized spacial score (nSPS) is 21.7. The number of carbonyl (C=O) groups is 2. The summed E-state index contributed by atoms with van der Waals surface area (Å²) in [5.74, 6) is -0.338. The first-order chi connectivity index (χ1) is 16.1. The molecule has 34 heavy (non-hydrogen) atoms. The highest BCUT2D eigenvalue weighted by Gasteiger charge is 2.32. The molecule has 184 valence electrons. The topological polar surface area (TPSA) is 113 Å². The molecule has 4 rings (SSSR count). The summed E-state index contributed by atoms with van der Waals surface area (Å²) in [4.78, 5) is 28.6. The summed E-state index contributed by atoms with van der Waals surface area (Å²) in [5.41, 5.74) is 7.28. The van der Waals surface area contributed by atoms with E-state index in [4.69, 9.17) is 5.73 Å². The van der Waals surface area contributed by atoms with Crippen molar-refractivity contribution in [1.29, 1.82) is 0 Å². The second kappa shape index (κ2) is 9.77. The van der Waals surface area contributed by atoms with Crippen molar-refractivity contribution in [1.82, 2.24) is 9.21 Å². The number of likely N-dealkylation sites (N-methyl/N-ethyl adjacent to an activating group) is 1. The van der Waals surface area contributed by atoms with Crippen LogP contribution >= 0.6 is 11.3 Å². The molecule has 2 amide bonds. The van der Waals surface area contributed by atoms with Crippen LogP contribution in [0.15, 0.2) is 29.2 Å². The second-order valence-corrected chi connectivity index (χ2v) is 12.5. The van der Waals surface area contributed by atoms with Gasteiger partial charge < -0.3 is 11.1 Å². The van der Waals surface area contributed by atoms with Crippen molar-refractivity contribution in [3.8, 4) is 0 Å². The Kier molecular flexibility index (Phi) is 7.14. The summed E-state index contributed by atoms with van der Waals surface area (Å²) in [6.45, 7) is 9.71. The Bertz CT molecular complexity index is 1180. The second-order valence-electron chi connectivity index (χ2n) is 9.44. The van der Waals surface area contributed by atoms with Crippen LogP contribution in [-0.2, 0) is 23.0 Å². The number of primary amides is 1. The van der Waals surface area contributed by atoms with E-state index in [9.17, 15) is 18.0 Å². The molecule has 1 fully saturated rings. The van der Waals surface area contributed by atoms with Crippen LogP contribution < -0.4 is 11.1 Å². The molecule has 1 saturated heterocycles. The average Bonchev–Trinajstić information content (AvgIpc) is 3.15. The van der Waals surface area contributed by atoms with Gasteiger partial charge in [0, 0.05) is 36.6 Å². The van der Waals surface area contributed by atoms with E-state index in [-0.39, 0.29) is 4.90 Å². The quantitative estimate of drug-likeness (QED) is 0.628. The number of thiophene rings is 1. The Morgan fingerprint density at radius 1 is 1.15 bits per heavy atom. The Labute approximate surface area is 205 Å². The van der Waals surface area contributed by atoms with Crippen molar-refractivity contribution in [2.24, 2.45) is 17.6 Å². The molecule has 0 spiro atoms. The summed E-state index contributed by atoms with van der Waals surface area (Å²) in [6, 6.07) is 5.97. The van der Waals surface area contributed by atoms with Gasteiger partial charge in [0.2, 0.25) is 10.0 Å². The largest absolute Gasteiger partial charge is 0.365 e. The van der Waals surface area contributed by atoms with E-state index in [1.54, 1.807) is 0 Å². The van der Waals surface area contributed by atoms with Crippen molar-refractivity contribution >= 4 is 38.2 Å². The number of hydrogen-bond donors (Lipinski definition) is 2. The van der Waals surface area contributed by atoms with Crippen LogP contribution in [0.5, 0.6) is 0 Å². The van der Waals surface area contributed by atoms with Gasteiger partial charge >= 0.3 is 0 Å². The maximum atomic E-state index is 13.1. The van der Waals surface area contributed by atoms with Gasteiger partial charge in [-0.05, 0) is 61.1 Å². The molecular formula is C24H32N4O4S2. The minimum atomic E-state index is -3.62. The molecule has 2 atom stereocenters. The lowest BCUT2D eigenvalue weighted by molar-refractivity contribution is 0.1000. The first-order valence-corrected chi connectivity index (χ1v) is 13.9. The number of nitrogens with zero attached hydrogens (tertiary/aromatic N) is 2. The van der Waals surface area contributed by atoms with Crippen LogP contribution in [0.2, 0.25) is 0 Å². The first-order valence-electron chi connectivity index (χ1n) is 11.7. The lowest BCUT2D eigenvalue weighted by Crippen LogP contribution is -2.42. The van der Waals surface area contributed by atoms with Gasteiger partial charge in [-0.3, -0.25) is 14.5 Å². The van der Waals surface area contributed by atoms with E-state index in [2.05, 4.69) is 31.0 Å². The average molecular weight is 505 g/mol. The van der Waals surface area contributed by atoms with E-state index < -0.39 is 21.8 Å². The van der Waals surface area contributed by atoms with Gasteiger partial charge in [-0.2, -0.15) is 4.31 Å². The number of nitrogens with one attached hydrogen (secondary N) is 1. The Balaban J connectivity index is 1.53. The zero-order valence-corrected chi connectivity index (χ0v) is 21.5. The lowest BCUT2D eigenvalue weighted by atomic mass is 9.94. The summed E-state index contributed by atoms with van der Waals surface area (Å²) < 4.78 is 27.7. The fourth-order valence-electron chi connectivity index (χ4n) is 4.98. The molecule has 2 aliphatic heterocycles. The monoisotopic (exact) mass is 504 g/mol. The first kappa shape index (κ1) is 24.8. The van der Waals surface area contributed by atoms with Gasteiger partial charge in [-0.1, -0.05) is 20.8 Å². The fraction of sp³-hybridized carbons (Fsp3) is 0.500. The molecule has 0 radical (unpaired) electrons. The maximum absolute atomic E-state index is 13.1. The molecule has 8 nitrogen and oxygen atoms in total. The number of hydrogen-bond acceptors (Lipinski definition) is 6. The molecule has 0 bridgehead atoms. The van der Waals surface area contributed by atoms with Crippen molar-refractivity contribution in [3.63, 3.8) is 0 Å². The minimum absolute atomic E-state index is 0.175. The van der Waals surface area contributed by atoms with Crippen LogP contribution in [0.4, 0.5) is 5.00 Å². The van der Waals surface area contributed by atoms with Crippen LogP contribution in [-0.4, -0.2) is 55.6 Å². The Morgan fingerprint density at radius 2 is 1.79 bits per heavy atom. The molecule has 1 aromatic carbocycles. The fourth-order valence-corrected chi connectivity index (χ4v) is 7.95. The maximum Gasteiger partial charge on any atom is 0.256 e. The molecular weight excluding hydrogens is 472 g/mol. The van der Waals surface area contributed by atoms with E-state index in [0.29, 0.717) is 47.5 Å². The van der Waals surface area contributed by atoms with Crippen LogP contribution in [0.25, 0.3) is 0 Å². The van der Waals surface area contributed by atoms with Crippen molar-refractivity contribution in [2.75, 3.05) is 31.5 Å². The van der Waals surface area contributed by atoms with Crippen molar-refractivity contribution < 1.29 is 18.0 Å². The van der Waals surface area contributed by atoms with Gasteiger partial charge in [-0.15, -0.1) is 11.3 Å². The highest BCUT2D eigenvalue weighted by atomic mass is 32.2. The van der Waals surface area contributed by atoms with Crippen LogP contribution in [0.3, 0.4) is 0 Å². The molecule has 0 aliphatic carbocycles. The molecule has 10 heteroatoms. The zero-order chi connectivity index (χ0) is 24.6. The van der Waals surface area contributed by atoms with Crippen molar-refractivity contribution in [2.45, 2.75) is 45.1 Å². The number of rotatable bonds is 6. The predicted octanol–water partition coefficient (Wildman–Crippen LogP) is 3.14. The third-order valence-corrected chi connectivity index (χ3v) is 9.62. The molecule has 0 unspecified atom stereocenters. The van der Waals surface area contributed by atoms with Gasteiger partial charge in [0.15, 0.2) is 0 Å². The molecule has 3 heterocycles. The van der Waals surface area contributed by atoms with Gasteiger partial charge in [0.1, 0.15) is 5.00 Å². The number of fused-ring (bicyclic) bond motifs is 1. The predicted molar refractivity (Wildman–Crippen MR) is 134 cm³/mol. The number of amides is 2. The highest BCUT2D eigenvalue weighted by molar-refractivity contribution is 7.89. The highest BCUT2D eigenvalue weighted by Crippen LogP contribution is 2.37. The Hall–Kier alpha value is -2.27. The molecule has 1 aromatic heterocycles. The number of nitrogens with two attached hydrogens (primary N) is 1. The van der Waals surface area contributed by atoms with Crippen LogP contribution in [0.1, 0.15) is 58.3 Å². The molecule has 0 saturated carbocycles. The van der Waals surface area contributed by atoms with E-state index in [0.717, 1.165) is 36.5 Å². The van der Waals surface area contributed by atoms with Crippen molar-refractivity contribution in [3.05, 3.63) is 45.8 Å². The molecule has 2 aliphatic rings. The van der Waals surface area contributed by atoms with Gasteiger partial charge in [0.05, 0.1) is 10.5 Å². The third kappa shape index (κ3) is 4.91. The molecule has 2 aromatic rings. The Morgan fingerprint density at radius 3 is 2.38 bits per heavy atom. The summed E-state index contributed by atoms with van der Waals surface area (Å²) in [6.07, 6.45) is 1.73. The summed E-state index contributed by atoms with van der Waals surface area (Å²) >= 11 is 1.38. The van der Waals surface area contributed by atoms with E-state index in [1.807, 2.05) is 0 Å². The summed E-state index contributed by atoms with van der Waals surface area (Å²) in [5, 5.41) is 3.28. The number of anilines is 1. The zero-order valence-electron chi connectivity index (χ0n) is 19.8. The number of sulfonamides is 1. The molecule has 3 N–H and O–H groups in total. The van der Waals surface area contributed by atoms with E-state index in [1.165, 1.54) is 39.9 Å². The SMILES string of the molecule is CCN1CCc2c(sc(NC(=O)c3ccc(S(=O)(=O)N4C[C@H](C)C[C@@H](C)C4)cc3)c2C(N)=O)C1. The standard InChI is InChI=1S/C24H32N4O4S2/c1-4-27-10-9-19-20(14-27)33-24(21(19)22(25)29)26-23(30)17-5-7-18(8-6-17)34(31,32)28-12-15(2)11-16(3)13-28/h5-8,15-16H,4,9-14H2,1-3H3,(H2,25,29)(H,26,30)/t15-,16-/m1/s1. The lowest BCUT2D eigenvalue weighted by Gasteiger charge is -2.34.